The average Bonchev–Trinajstić information content (AvgIpc) is 3.74. The fraction of sp³-hybridized carbons (Fsp3) is 0.357. The van der Waals surface area contributed by atoms with Gasteiger partial charge in [0.25, 0.3) is 0 Å². The number of thiophene rings is 1. The Morgan fingerprint density at radius 3 is 2.73 bits per heavy atom. The number of aliphatic hydroxyl groups is 1. The number of β-amino-alcohol motifs (C(OH)–C–C–N with tert-alkyl or cyclic N) is 1. The Kier molecular flexibility index (Phi) is 7.32. The number of hydrogen-bond acceptors (Lipinski definition) is 9. The number of amides is 1. The van der Waals surface area contributed by atoms with Gasteiger partial charge in [0.05, 0.1) is 48.4 Å². The highest BCUT2D eigenvalue weighted by atomic mass is 32.1. The molecule has 1 unspecified atom stereocenters. The first kappa shape index (κ1) is 26.5. The van der Waals surface area contributed by atoms with Crippen LogP contribution in [0.3, 0.4) is 0 Å². The average molecular weight is 565 g/mol. The summed E-state index contributed by atoms with van der Waals surface area (Å²) in [6.45, 7) is 3.51. The second-order valence-corrected chi connectivity index (χ2v) is 11.3. The van der Waals surface area contributed by atoms with Gasteiger partial charge in [0.15, 0.2) is 5.82 Å². The van der Waals surface area contributed by atoms with Crippen molar-refractivity contribution in [3.05, 3.63) is 70.6 Å². The number of likely N-dealkylation sites (tertiary alicyclic amines) is 1. The summed E-state index contributed by atoms with van der Waals surface area (Å²) in [5, 5.41) is 15.1. The third-order valence-corrected chi connectivity index (χ3v) is 7.93. The van der Waals surface area contributed by atoms with Gasteiger partial charge < -0.3 is 29.8 Å². The molecule has 208 valence electrons. The number of aromatic amines is 1. The minimum absolute atomic E-state index is 0.0989. The molecule has 10 nitrogen and oxygen atoms in total. The maximum atomic E-state index is 13.7. The minimum atomic E-state index is -0.869. The first-order valence-electron chi connectivity index (χ1n) is 13.0. The molecule has 0 aliphatic carbocycles. The van der Waals surface area contributed by atoms with Crippen LogP contribution in [0, 0.1) is 11.2 Å². The number of ether oxygens (including phenoxy) is 2. The van der Waals surface area contributed by atoms with Gasteiger partial charge in [-0.2, -0.15) is 0 Å². The maximum absolute atomic E-state index is 13.7. The second kappa shape index (κ2) is 11.0. The molecule has 3 N–H and O–H groups in total. The highest BCUT2D eigenvalue weighted by molar-refractivity contribution is 7.09. The molecule has 0 bridgehead atoms. The quantitative estimate of drug-likeness (QED) is 0.308. The predicted molar refractivity (Wildman–Crippen MR) is 147 cm³/mol. The fourth-order valence-electron chi connectivity index (χ4n) is 4.87. The van der Waals surface area contributed by atoms with E-state index in [1.165, 1.54) is 12.1 Å². The minimum Gasteiger partial charge on any atom is -0.391 e. The summed E-state index contributed by atoms with van der Waals surface area (Å²) < 4.78 is 25.7. The van der Waals surface area contributed by atoms with Gasteiger partial charge in [-0.15, -0.1) is 11.3 Å². The van der Waals surface area contributed by atoms with Crippen LogP contribution in [0.15, 0.2) is 54.0 Å². The maximum Gasteiger partial charge on any atom is 0.233 e. The number of imidazole rings is 1. The zero-order valence-electron chi connectivity index (χ0n) is 21.8. The summed E-state index contributed by atoms with van der Waals surface area (Å²) in [4.78, 5) is 33.0. The number of anilines is 1. The van der Waals surface area contributed by atoms with Gasteiger partial charge in [-0.1, -0.05) is 6.07 Å². The molecule has 4 aromatic rings. The summed E-state index contributed by atoms with van der Waals surface area (Å²) >= 11 is 1.64. The number of carbonyl (C=O) groups excluding carboxylic acids is 1. The molecule has 2 aliphatic heterocycles. The van der Waals surface area contributed by atoms with Gasteiger partial charge in [-0.05, 0) is 55.1 Å². The number of nitrogens with zero attached hydrogens (tertiary/aromatic N) is 4. The summed E-state index contributed by atoms with van der Waals surface area (Å²) in [5.74, 6) is 0.417. The third-order valence-electron chi connectivity index (χ3n) is 7.05. The van der Waals surface area contributed by atoms with Crippen LogP contribution in [0.25, 0.3) is 22.6 Å². The molecular weight excluding hydrogens is 535 g/mol. The fourth-order valence-corrected chi connectivity index (χ4v) is 5.51. The van der Waals surface area contributed by atoms with Crippen molar-refractivity contribution in [2.24, 2.45) is 5.41 Å². The van der Waals surface area contributed by atoms with Crippen LogP contribution in [0.4, 0.5) is 10.3 Å². The lowest BCUT2D eigenvalue weighted by atomic mass is 9.90. The first-order valence-corrected chi connectivity index (χ1v) is 13.9. The van der Waals surface area contributed by atoms with Gasteiger partial charge in [-0.3, -0.25) is 4.79 Å². The van der Waals surface area contributed by atoms with Crippen molar-refractivity contribution < 1.29 is 23.8 Å². The molecule has 2 saturated heterocycles. The number of aliphatic hydroxyl groups excluding tert-OH is 1. The molecule has 0 radical (unpaired) electrons. The number of rotatable bonds is 7. The van der Waals surface area contributed by atoms with E-state index in [4.69, 9.17) is 14.5 Å². The Hall–Kier alpha value is -3.71. The van der Waals surface area contributed by atoms with E-state index in [-0.39, 0.29) is 24.9 Å². The standard InChI is InChI=1S/C28H29FN6O4S/c1-28(26(37)35-11-9-19(36)14-35)15-38-25(39-16-28)24-33-22(17-4-6-18(29)7-5-17)23(34-24)21-8-10-30-27(32-21)31-13-20-3-2-12-40-20/h2-8,10,12,19,25,36H,9,11,13-16H2,1H3,(H,33,34)(H,30,31,32). The molecule has 1 aromatic carbocycles. The van der Waals surface area contributed by atoms with Crippen LogP contribution in [0.1, 0.15) is 30.3 Å². The van der Waals surface area contributed by atoms with Crippen molar-refractivity contribution in [1.29, 1.82) is 0 Å². The van der Waals surface area contributed by atoms with Gasteiger partial charge in [0.2, 0.25) is 18.1 Å². The van der Waals surface area contributed by atoms with E-state index in [0.29, 0.717) is 60.5 Å². The largest absolute Gasteiger partial charge is 0.391 e. The Morgan fingerprint density at radius 2 is 2.02 bits per heavy atom. The molecule has 0 spiro atoms. The van der Waals surface area contributed by atoms with Crippen molar-refractivity contribution in [2.45, 2.75) is 32.3 Å². The molecule has 1 atom stereocenters. The third kappa shape index (κ3) is 5.48. The highest BCUT2D eigenvalue weighted by Gasteiger charge is 2.44. The molecule has 6 rings (SSSR count). The number of H-pyrrole nitrogens is 1. The van der Waals surface area contributed by atoms with Gasteiger partial charge in [-0.25, -0.2) is 19.3 Å². The van der Waals surface area contributed by atoms with Crippen molar-refractivity contribution in [3.8, 4) is 22.6 Å². The van der Waals surface area contributed by atoms with E-state index in [0.717, 1.165) is 4.88 Å². The highest BCUT2D eigenvalue weighted by Crippen LogP contribution is 2.36. The van der Waals surface area contributed by atoms with E-state index in [9.17, 15) is 14.3 Å². The summed E-state index contributed by atoms with van der Waals surface area (Å²) in [6.07, 6.45) is 0.900. The van der Waals surface area contributed by atoms with Crippen LogP contribution >= 0.6 is 11.3 Å². The van der Waals surface area contributed by atoms with E-state index in [2.05, 4.69) is 20.3 Å². The number of benzene rings is 1. The zero-order chi connectivity index (χ0) is 27.7. The number of halogens is 1. The topological polar surface area (TPSA) is 125 Å². The van der Waals surface area contributed by atoms with E-state index in [1.807, 2.05) is 17.5 Å². The van der Waals surface area contributed by atoms with Crippen molar-refractivity contribution in [2.75, 3.05) is 31.6 Å². The molecule has 2 fully saturated rings. The van der Waals surface area contributed by atoms with Crippen LogP contribution in [0.5, 0.6) is 0 Å². The number of carbonyl (C=O) groups is 1. The smallest absolute Gasteiger partial charge is 0.233 e. The molecule has 1 amide bonds. The molecule has 5 heterocycles. The molecule has 40 heavy (non-hydrogen) atoms. The monoisotopic (exact) mass is 564 g/mol. The van der Waals surface area contributed by atoms with Crippen LogP contribution in [-0.4, -0.2) is 68.3 Å². The summed E-state index contributed by atoms with van der Waals surface area (Å²) in [5.41, 5.74) is 1.57. The predicted octanol–water partition coefficient (Wildman–Crippen LogP) is 3.99. The Labute approximate surface area is 234 Å². The normalized spacial score (nSPS) is 22.9. The van der Waals surface area contributed by atoms with E-state index < -0.39 is 17.8 Å². The van der Waals surface area contributed by atoms with E-state index >= 15 is 0 Å². The molecule has 3 aromatic heterocycles. The molecule has 0 saturated carbocycles. The van der Waals surface area contributed by atoms with Gasteiger partial charge in [0, 0.05) is 29.7 Å². The summed E-state index contributed by atoms with van der Waals surface area (Å²) in [6, 6.07) is 11.8. The van der Waals surface area contributed by atoms with Crippen molar-refractivity contribution in [3.63, 3.8) is 0 Å². The molecule has 2 aliphatic rings. The van der Waals surface area contributed by atoms with Crippen molar-refractivity contribution >= 4 is 23.2 Å². The Balaban J connectivity index is 1.25. The van der Waals surface area contributed by atoms with E-state index in [1.54, 1.807) is 47.6 Å². The van der Waals surface area contributed by atoms with Crippen LogP contribution < -0.4 is 5.32 Å². The second-order valence-electron chi connectivity index (χ2n) is 10.3. The van der Waals surface area contributed by atoms with Crippen LogP contribution in [-0.2, 0) is 20.8 Å². The van der Waals surface area contributed by atoms with Gasteiger partial charge >= 0.3 is 0 Å². The van der Waals surface area contributed by atoms with Crippen molar-refractivity contribution in [1.82, 2.24) is 24.8 Å². The SMILES string of the molecule is CC1(C(=O)N2CCC(O)C2)COC(c2nc(-c3ccc(F)cc3)c(-c3ccnc(NCc4cccs4)n3)[nH]2)OC1. The molecule has 12 heteroatoms. The van der Waals surface area contributed by atoms with Crippen LogP contribution in [0.2, 0.25) is 0 Å². The number of nitrogens with one attached hydrogen (secondary N) is 2. The Morgan fingerprint density at radius 1 is 1.23 bits per heavy atom. The summed E-state index contributed by atoms with van der Waals surface area (Å²) in [7, 11) is 0. The first-order chi connectivity index (χ1) is 19.4. The number of hydrogen-bond donors (Lipinski definition) is 3. The lowest BCUT2D eigenvalue weighted by Crippen LogP contribution is -2.49. The molecular formula is C28H29FN6O4S. The lowest BCUT2D eigenvalue weighted by molar-refractivity contribution is -0.234. The zero-order valence-corrected chi connectivity index (χ0v) is 22.7. The lowest BCUT2D eigenvalue weighted by Gasteiger charge is -2.37. The van der Waals surface area contributed by atoms with Gasteiger partial charge in [0.1, 0.15) is 5.82 Å². The number of aromatic nitrogens is 4. The Bertz CT molecular complexity index is 1470.